The van der Waals surface area contributed by atoms with E-state index in [0.29, 0.717) is 24.9 Å². The zero-order valence-electron chi connectivity index (χ0n) is 12.9. The highest BCUT2D eigenvalue weighted by Crippen LogP contribution is 2.38. The average Bonchev–Trinajstić information content (AvgIpc) is 3.11. The van der Waals surface area contributed by atoms with Gasteiger partial charge in [-0.05, 0) is 18.4 Å². The van der Waals surface area contributed by atoms with Crippen LogP contribution in [0.5, 0.6) is 0 Å². The van der Waals surface area contributed by atoms with Crippen molar-refractivity contribution in [3.63, 3.8) is 0 Å². The van der Waals surface area contributed by atoms with Crippen LogP contribution in [0.15, 0.2) is 34.7 Å². The normalized spacial score (nSPS) is 23.6. The van der Waals surface area contributed by atoms with Gasteiger partial charge in [0.05, 0.1) is 6.04 Å². The molecule has 0 saturated carbocycles. The quantitative estimate of drug-likeness (QED) is 0.867. The molecule has 7 heteroatoms. The average molecular weight is 314 g/mol. The van der Waals surface area contributed by atoms with Crippen LogP contribution in [0.4, 0.5) is 4.79 Å². The minimum atomic E-state index is -0.148. The summed E-state index contributed by atoms with van der Waals surface area (Å²) in [5, 5.41) is 9.44. The van der Waals surface area contributed by atoms with Gasteiger partial charge in [-0.2, -0.15) is 5.06 Å². The molecular formula is C16H18N4O3. The van der Waals surface area contributed by atoms with Crippen molar-refractivity contribution in [2.75, 3.05) is 6.54 Å². The molecule has 1 unspecified atom stereocenters. The molecule has 1 aromatic carbocycles. The number of amides is 2. The first-order valence-electron chi connectivity index (χ1n) is 7.79. The Bertz CT molecular complexity index is 702. The molecule has 2 atom stereocenters. The van der Waals surface area contributed by atoms with Gasteiger partial charge in [-0.25, -0.2) is 4.79 Å². The molecule has 2 fully saturated rings. The number of aromatic nitrogens is 2. The number of piperidine rings is 1. The molecule has 2 amide bonds. The van der Waals surface area contributed by atoms with Gasteiger partial charge in [0.15, 0.2) is 0 Å². The van der Waals surface area contributed by atoms with Crippen LogP contribution in [0.3, 0.4) is 0 Å². The number of benzene rings is 1. The van der Waals surface area contributed by atoms with Crippen molar-refractivity contribution in [2.45, 2.75) is 38.5 Å². The summed E-state index contributed by atoms with van der Waals surface area (Å²) in [6, 6.07) is 9.66. The number of urea groups is 1. The van der Waals surface area contributed by atoms with Gasteiger partial charge in [-0.1, -0.05) is 30.3 Å². The molecule has 7 nitrogen and oxygen atoms in total. The fourth-order valence-corrected chi connectivity index (χ4v) is 3.22. The largest absolute Gasteiger partial charge is 0.423 e. The minimum absolute atomic E-state index is 0.0893. The van der Waals surface area contributed by atoms with E-state index in [-0.39, 0.29) is 18.1 Å². The zero-order chi connectivity index (χ0) is 15.8. The van der Waals surface area contributed by atoms with Gasteiger partial charge in [0.1, 0.15) is 12.6 Å². The minimum Gasteiger partial charge on any atom is -0.423 e. The van der Waals surface area contributed by atoms with Crippen LogP contribution in [0, 0.1) is 6.92 Å². The number of hydroxylamine groups is 2. The summed E-state index contributed by atoms with van der Waals surface area (Å²) in [6.07, 6.45) is 1.67. The molecule has 0 spiro atoms. The summed E-state index contributed by atoms with van der Waals surface area (Å²) in [4.78, 5) is 20.2. The Morgan fingerprint density at radius 3 is 2.83 bits per heavy atom. The predicted octanol–water partition coefficient (Wildman–Crippen LogP) is 2.45. The number of hydrogen-bond acceptors (Lipinski definition) is 5. The van der Waals surface area contributed by atoms with Gasteiger partial charge in [0, 0.05) is 13.5 Å². The fourth-order valence-electron chi connectivity index (χ4n) is 3.22. The number of carbonyl (C=O) groups excluding carboxylic acids is 1. The van der Waals surface area contributed by atoms with Crippen molar-refractivity contribution in [2.24, 2.45) is 0 Å². The van der Waals surface area contributed by atoms with E-state index in [9.17, 15) is 4.79 Å². The van der Waals surface area contributed by atoms with E-state index < -0.39 is 0 Å². The van der Waals surface area contributed by atoms with E-state index >= 15 is 0 Å². The molecule has 2 saturated heterocycles. The monoisotopic (exact) mass is 314 g/mol. The molecule has 2 aromatic rings. The summed E-state index contributed by atoms with van der Waals surface area (Å²) in [5.74, 6) is 1.03. The van der Waals surface area contributed by atoms with Gasteiger partial charge < -0.3 is 9.32 Å². The zero-order valence-corrected chi connectivity index (χ0v) is 12.9. The van der Waals surface area contributed by atoms with E-state index in [4.69, 9.17) is 9.25 Å². The van der Waals surface area contributed by atoms with Crippen LogP contribution in [-0.4, -0.2) is 38.8 Å². The van der Waals surface area contributed by atoms with Crippen molar-refractivity contribution < 1.29 is 14.0 Å². The lowest BCUT2D eigenvalue weighted by Crippen LogP contribution is -2.34. The van der Waals surface area contributed by atoms with E-state index in [1.54, 1.807) is 11.8 Å². The molecule has 4 rings (SSSR count). The Kier molecular flexibility index (Phi) is 3.49. The number of aryl methyl sites for hydroxylation is 1. The maximum Gasteiger partial charge on any atom is 0.345 e. The van der Waals surface area contributed by atoms with Gasteiger partial charge in [-0.3, -0.25) is 4.84 Å². The Morgan fingerprint density at radius 1 is 1.26 bits per heavy atom. The summed E-state index contributed by atoms with van der Waals surface area (Å²) in [6.45, 7) is 2.78. The molecule has 2 aliphatic heterocycles. The summed E-state index contributed by atoms with van der Waals surface area (Å²) in [5.41, 5.74) is 1.04. The fraction of sp³-hybridized carbons (Fsp3) is 0.438. The first-order chi connectivity index (χ1) is 11.2. The van der Waals surface area contributed by atoms with E-state index in [1.807, 2.05) is 30.3 Å². The Balaban J connectivity index is 1.47. The molecule has 0 aliphatic carbocycles. The molecule has 0 radical (unpaired) electrons. The molecule has 120 valence electrons. The van der Waals surface area contributed by atoms with Crippen molar-refractivity contribution in [3.05, 3.63) is 47.7 Å². The van der Waals surface area contributed by atoms with Gasteiger partial charge >= 0.3 is 6.03 Å². The van der Waals surface area contributed by atoms with E-state index in [1.165, 1.54) is 5.06 Å². The molecule has 2 aliphatic rings. The first-order valence-corrected chi connectivity index (χ1v) is 7.79. The smallest absolute Gasteiger partial charge is 0.345 e. The van der Waals surface area contributed by atoms with Crippen molar-refractivity contribution in [1.82, 2.24) is 20.2 Å². The maximum absolute atomic E-state index is 12.6. The van der Waals surface area contributed by atoms with Gasteiger partial charge in [-0.15, -0.1) is 10.2 Å². The highest BCUT2D eigenvalue weighted by molar-refractivity contribution is 5.77. The predicted molar refractivity (Wildman–Crippen MR) is 80.0 cm³/mol. The van der Waals surface area contributed by atoms with E-state index in [0.717, 1.165) is 18.4 Å². The Hall–Kier alpha value is -2.41. The second kappa shape index (κ2) is 5.66. The number of rotatable bonds is 4. The number of fused-ring (bicyclic) bond motifs is 2. The van der Waals surface area contributed by atoms with Crippen molar-refractivity contribution in [1.29, 1.82) is 0 Å². The van der Waals surface area contributed by atoms with Crippen LogP contribution in [0.25, 0.3) is 0 Å². The van der Waals surface area contributed by atoms with Crippen LogP contribution in [0.2, 0.25) is 0 Å². The van der Waals surface area contributed by atoms with Crippen LogP contribution < -0.4 is 0 Å². The molecule has 23 heavy (non-hydrogen) atoms. The maximum atomic E-state index is 12.6. The van der Waals surface area contributed by atoms with Gasteiger partial charge in [0.2, 0.25) is 11.8 Å². The lowest BCUT2D eigenvalue weighted by molar-refractivity contribution is -0.140. The topological polar surface area (TPSA) is 71.7 Å². The molecular weight excluding hydrogens is 296 g/mol. The van der Waals surface area contributed by atoms with Crippen molar-refractivity contribution in [3.8, 4) is 0 Å². The van der Waals surface area contributed by atoms with Crippen LogP contribution in [0.1, 0.15) is 36.2 Å². The lowest BCUT2D eigenvalue weighted by Gasteiger charge is -2.27. The first kappa shape index (κ1) is 14.2. The molecule has 1 aromatic heterocycles. The standard InChI is InChI=1S/C16H18N4O3/c1-11-17-18-15(23-11)14-8-7-13-9-19(14)16(21)20(13)22-10-12-5-3-2-4-6-12/h2-6,13-14H,7-10H2,1H3/t13-,14?/m1/s1. The number of nitrogens with zero attached hydrogens (tertiary/aromatic N) is 4. The second-order valence-corrected chi connectivity index (χ2v) is 5.93. The number of carbonyl (C=O) groups is 1. The van der Waals surface area contributed by atoms with Crippen LogP contribution in [-0.2, 0) is 11.4 Å². The Labute approximate surface area is 133 Å². The second-order valence-electron chi connectivity index (χ2n) is 5.93. The third kappa shape index (κ3) is 2.57. The third-order valence-corrected chi connectivity index (χ3v) is 4.36. The van der Waals surface area contributed by atoms with E-state index in [2.05, 4.69) is 10.2 Å². The summed E-state index contributed by atoms with van der Waals surface area (Å²) >= 11 is 0. The SMILES string of the molecule is Cc1nnc(C2CC[C@@H]3CN2C(=O)N3OCc2ccccc2)o1. The van der Waals surface area contributed by atoms with Crippen LogP contribution >= 0.6 is 0 Å². The van der Waals surface area contributed by atoms with Gasteiger partial charge in [0.25, 0.3) is 0 Å². The molecule has 0 N–H and O–H groups in total. The molecule has 3 heterocycles. The summed E-state index contributed by atoms with van der Waals surface area (Å²) < 4.78 is 5.51. The highest BCUT2D eigenvalue weighted by Gasteiger charge is 2.47. The third-order valence-electron chi connectivity index (χ3n) is 4.36. The number of hydrogen-bond donors (Lipinski definition) is 0. The molecule has 2 bridgehead atoms. The lowest BCUT2D eigenvalue weighted by atomic mass is 10.0. The highest BCUT2D eigenvalue weighted by atomic mass is 16.7. The Morgan fingerprint density at radius 2 is 2.09 bits per heavy atom. The summed E-state index contributed by atoms with van der Waals surface area (Å²) in [7, 11) is 0. The van der Waals surface area contributed by atoms with Crippen molar-refractivity contribution >= 4 is 6.03 Å².